The number of methoxy groups -OCH3 is 1. The fraction of sp³-hybridized carbons (Fsp3) is 0.714. The minimum atomic E-state index is 0.147. The van der Waals surface area contributed by atoms with Gasteiger partial charge in [-0.05, 0) is 31.7 Å². The van der Waals surface area contributed by atoms with Crippen molar-refractivity contribution >= 4 is 0 Å². The van der Waals surface area contributed by atoms with Crippen molar-refractivity contribution in [1.29, 1.82) is 0 Å². The summed E-state index contributed by atoms with van der Waals surface area (Å²) >= 11 is 0. The Labute approximate surface area is 115 Å². The van der Waals surface area contributed by atoms with E-state index in [1.165, 1.54) is 12.8 Å². The van der Waals surface area contributed by atoms with Crippen LogP contribution in [0.15, 0.2) is 18.6 Å². The van der Waals surface area contributed by atoms with E-state index in [1.54, 1.807) is 19.6 Å². The molecule has 1 aliphatic rings. The third-order valence-electron chi connectivity index (χ3n) is 3.95. The maximum Gasteiger partial charge on any atom is 0.115 e. The van der Waals surface area contributed by atoms with Crippen LogP contribution in [-0.4, -0.2) is 47.7 Å². The van der Waals surface area contributed by atoms with Crippen LogP contribution >= 0.6 is 0 Å². The molecular formula is C14H24N4O. The zero-order valence-corrected chi connectivity index (χ0v) is 11.8. The molecule has 0 bridgehead atoms. The molecule has 1 aromatic heterocycles. The third kappa shape index (κ3) is 3.72. The van der Waals surface area contributed by atoms with Gasteiger partial charge in [0.1, 0.15) is 6.33 Å². The predicted molar refractivity (Wildman–Crippen MR) is 74.6 cm³/mol. The van der Waals surface area contributed by atoms with Crippen molar-refractivity contribution in [3.05, 3.63) is 24.3 Å². The van der Waals surface area contributed by atoms with Gasteiger partial charge in [0.05, 0.1) is 18.3 Å². The molecule has 1 aliphatic carbocycles. The average molecular weight is 264 g/mol. The molecule has 0 amide bonds. The summed E-state index contributed by atoms with van der Waals surface area (Å²) in [7, 11) is 1.74. The van der Waals surface area contributed by atoms with Crippen molar-refractivity contribution in [2.24, 2.45) is 11.7 Å². The van der Waals surface area contributed by atoms with E-state index in [4.69, 9.17) is 10.5 Å². The fourth-order valence-electron chi connectivity index (χ4n) is 2.61. The maximum absolute atomic E-state index is 5.99. The molecule has 0 saturated heterocycles. The molecule has 1 aromatic rings. The van der Waals surface area contributed by atoms with Gasteiger partial charge in [-0.25, -0.2) is 9.97 Å². The molecule has 2 atom stereocenters. The molecule has 0 aliphatic heterocycles. The van der Waals surface area contributed by atoms with E-state index in [1.807, 2.05) is 6.07 Å². The van der Waals surface area contributed by atoms with Crippen LogP contribution in [0.3, 0.4) is 0 Å². The topological polar surface area (TPSA) is 64.3 Å². The van der Waals surface area contributed by atoms with Crippen LogP contribution in [-0.2, 0) is 4.74 Å². The van der Waals surface area contributed by atoms with Gasteiger partial charge in [0.15, 0.2) is 0 Å². The number of ether oxygens (including phenoxy) is 1. The molecule has 2 N–H and O–H groups in total. The quantitative estimate of drug-likeness (QED) is 0.765. The van der Waals surface area contributed by atoms with Crippen LogP contribution in [0.5, 0.6) is 0 Å². The van der Waals surface area contributed by atoms with Crippen LogP contribution < -0.4 is 5.73 Å². The average Bonchev–Trinajstić information content (AvgIpc) is 3.28. The lowest BCUT2D eigenvalue weighted by molar-refractivity contribution is 0.0819. The standard InChI is InChI=1S/C14H24N4O/c1-11(12-3-4-12)18(7-8-19-2)14(9-15)13-5-6-16-10-17-13/h5-6,10-12,14H,3-4,7-9,15H2,1-2H3. The Kier molecular flexibility index (Phi) is 5.24. The molecule has 1 saturated carbocycles. The monoisotopic (exact) mass is 264 g/mol. The molecule has 0 spiro atoms. The highest BCUT2D eigenvalue weighted by molar-refractivity contribution is 5.07. The molecule has 1 fully saturated rings. The van der Waals surface area contributed by atoms with E-state index < -0.39 is 0 Å². The summed E-state index contributed by atoms with van der Waals surface area (Å²) < 4.78 is 5.24. The Bertz CT molecular complexity index is 369. The van der Waals surface area contributed by atoms with Gasteiger partial charge in [-0.15, -0.1) is 0 Å². The van der Waals surface area contributed by atoms with E-state index in [0.717, 1.165) is 24.8 Å². The van der Waals surface area contributed by atoms with Crippen molar-refractivity contribution in [3.8, 4) is 0 Å². The lowest BCUT2D eigenvalue weighted by Gasteiger charge is -2.35. The zero-order chi connectivity index (χ0) is 13.7. The third-order valence-corrected chi connectivity index (χ3v) is 3.95. The largest absolute Gasteiger partial charge is 0.383 e. The molecule has 2 rings (SSSR count). The second-order valence-electron chi connectivity index (χ2n) is 5.19. The van der Waals surface area contributed by atoms with Gasteiger partial charge >= 0.3 is 0 Å². The summed E-state index contributed by atoms with van der Waals surface area (Å²) in [5, 5.41) is 0. The van der Waals surface area contributed by atoms with E-state index in [0.29, 0.717) is 12.6 Å². The lowest BCUT2D eigenvalue weighted by Crippen LogP contribution is -2.43. The molecule has 5 nitrogen and oxygen atoms in total. The van der Waals surface area contributed by atoms with Gasteiger partial charge in [0.25, 0.3) is 0 Å². The van der Waals surface area contributed by atoms with Gasteiger partial charge in [-0.3, -0.25) is 4.90 Å². The van der Waals surface area contributed by atoms with Gasteiger partial charge in [-0.2, -0.15) is 0 Å². The molecule has 0 aromatic carbocycles. The zero-order valence-electron chi connectivity index (χ0n) is 11.8. The van der Waals surface area contributed by atoms with E-state index in [-0.39, 0.29) is 6.04 Å². The second-order valence-corrected chi connectivity index (χ2v) is 5.19. The van der Waals surface area contributed by atoms with Crippen LogP contribution in [0, 0.1) is 5.92 Å². The first-order chi connectivity index (χ1) is 9.27. The lowest BCUT2D eigenvalue weighted by atomic mass is 10.1. The summed E-state index contributed by atoms with van der Waals surface area (Å²) in [4.78, 5) is 10.8. The summed E-state index contributed by atoms with van der Waals surface area (Å²) in [6.45, 7) is 4.47. The van der Waals surface area contributed by atoms with Gasteiger partial charge in [0, 0.05) is 32.4 Å². The maximum atomic E-state index is 5.99. The molecule has 19 heavy (non-hydrogen) atoms. The van der Waals surface area contributed by atoms with Crippen LogP contribution in [0.25, 0.3) is 0 Å². The van der Waals surface area contributed by atoms with E-state index in [2.05, 4.69) is 21.8 Å². The molecule has 1 heterocycles. The smallest absolute Gasteiger partial charge is 0.115 e. The first kappa shape index (κ1) is 14.4. The highest BCUT2D eigenvalue weighted by Gasteiger charge is 2.35. The summed E-state index contributed by atoms with van der Waals surface area (Å²) in [6, 6.07) is 2.63. The van der Waals surface area contributed by atoms with Crippen molar-refractivity contribution in [2.75, 3.05) is 26.8 Å². The molecule has 2 unspecified atom stereocenters. The number of nitrogens with zero attached hydrogens (tertiary/aromatic N) is 3. The van der Waals surface area contributed by atoms with E-state index in [9.17, 15) is 0 Å². The summed E-state index contributed by atoms with van der Waals surface area (Å²) in [5.74, 6) is 0.799. The fourth-order valence-corrected chi connectivity index (χ4v) is 2.61. The Morgan fingerprint density at radius 1 is 1.53 bits per heavy atom. The molecule has 5 heteroatoms. The predicted octanol–water partition coefficient (Wildman–Crippen LogP) is 1.22. The minimum absolute atomic E-state index is 0.147. The first-order valence-corrected chi connectivity index (χ1v) is 6.98. The molecular weight excluding hydrogens is 240 g/mol. The normalized spacial score (nSPS) is 18.5. The summed E-state index contributed by atoms with van der Waals surface area (Å²) in [5.41, 5.74) is 6.99. The number of hydrogen-bond acceptors (Lipinski definition) is 5. The van der Waals surface area contributed by atoms with Gasteiger partial charge < -0.3 is 10.5 Å². The Balaban J connectivity index is 2.13. The van der Waals surface area contributed by atoms with Crippen LogP contribution in [0.1, 0.15) is 31.5 Å². The molecule has 106 valence electrons. The van der Waals surface area contributed by atoms with E-state index >= 15 is 0 Å². The van der Waals surface area contributed by atoms with Gasteiger partial charge in [-0.1, -0.05) is 0 Å². The number of nitrogens with two attached hydrogens (primary N) is 1. The van der Waals surface area contributed by atoms with Crippen molar-refractivity contribution in [1.82, 2.24) is 14.9 Å². The van der Waals surface area contributed by atoms with Crippen LogP contribution in [0.2, 0.25) is 0 Å². The number of hydrogen-bond donors (Lipinski definition) is 1. The number of rotatable bonds is 8. The Morgan fingerprint density at radius 2 is 2.32 bits per heavy atom. The molecule has 0 radical (unpaired) electrons. The Morgan fingerprint density at radius 3 is 2.84 bits per heavy atom. The van der Waals surface area contributed by atoms with Crippen molar-refractivity contribution in [2.45, 2.75) is 31.8 Å². The number of aromatic nitrogens is 2. The summed E-state index contributed by atoms with van der Waals surface area (Å²) in [6.07, 6.45) is 6.02. The minimum Gasteiger partial charge on any atom is -0.383 e. The second kappa shape index (κ2) is 6.93. The van der Waals surface area contributed by atoms with Crippen molar-refractivity contribution < 1.29 is 4.74 Å². The highest BCUT2D eigenvalue weighted by Crippen LogP contribution is 2.37. The first-order valence-electron chi connectivity index (χ1n) is 6.98. The van der Waals surface area contributed by atoms with Gasteiger partial charge in [0.2, 0.25) is 0 Å². The highest BCUT2D eigenvalue weighted by atomic mass is 16.5. The van der Waals surface area contributed by atoms with Crippen molar-refractivity contribution in [3.63, 3.8) is 0 Å². The van der Waals surface area contributed by atoms with Crippen LogP contribution in [0.4, 0.5) is 0 Å². The SMILES string of the molecule is COCCN(C(CN)c1ccncn1)C(C)C1CC1. The Hall–Kier alpha value is -1.04.